The van der Waals surface area contributed by atoms with Gasteiger partial charge in [0.25, 0.3) is 5.56 Å². The molecule has 0 bridgehead atoms. The first-order chi connectivity index (χ1) is 14.7. The standard InChI is InChI=1S/C19H18BCl2N5O4/c1-7(8-2-3-8)10-4-9(6-24-17(10)28)31-15-11(21)5-12(13(20)14(15)22)27-19(30)25-18(29)16(23)26-27/h4-8H,2-3,20H2,1H3,(H2,23,26)(H,24,28)(H,25,29,30). The molecule has 2 heterocycles. The van der Waals surface area contributed by atoms with E-state index in [1.165, 1.54) is 12.3 Å². The molecule has 12 heteroatoms. The van der Waals surface area contributed by atoms with E-state index in [1.54, 1.807) is 13.9 Å². The lowest BCUT2D eigenvalue weighted by atomic mass is 9.93. The van der Waals surface area contributed by atoms with E-state index >= 15 is 0 Å². The SMILES string of the molecule is Bc1c(-n2nc(N)c(=O)[nH]c2=O)cc(Cl)c(Oc2cnc(O)c(C(C)C3CC3)c2)c1Cl. The molecule has 9 nitrogen and oxygen atoms in total. The smallest absolute Gasteiger partial charge is 0.349 e. The highest BCUT2D eigenvalue weighted by Crippen LogP contribution is 2.45. The number of hydrogen-bond donors (Lipinski definition) is 3. The summed E-state index contributed by atoms with van der Waals surface area (Å²) in [7, 11) is 1.64. The number of halogens is 2. The van der Waals surface area contributed by atoms with Crippen molar-refractivity contribution in [3.8, 4) is 23.1 Å². The fourth-order valence-corrected chi connectivity index (χ4v) is 3.91. The second-order valence-corrected chi connectivity index (χ2v) is 8.30. The van der Waals surface area contributed by atoms with Crippen LogP contribution in [0.25, 0.3) is 5.69 Å². The summed E-state index contributed by atoms with van der Waals surface area (Å²) >= 11 is 12.9. The summed E-state index contributed by atoms with van der Waals surface area (Å²) in [5.41, 5.74) is 5.32. The molecule has 0 saturated heterocycles. The number of nitrogens with two attached hydrogens (primary N) is 1. The Morgan fingerprint density at radius 1 is 1.35 bits per heavy atom. The normalized spacial score (nSPS) is 14.4. The maximum absolute atomic E-state index is 12.2. The third-order valence-electron chi connectivity index (χ3n) is 5.38. The average molecular weight is 462 g/mol. The number of ether oxygens (including phenoxy) is 1. The van der Waals surface area contributed by atoms with Crippen molar-refractivity contribution in [3.63, 3.8) is 0 Å². The summed E-state index contributed by atoms with van der Waals surface area (Å²) in [6.07, 6.45) is 3.61. The van der Waals surface area contributed by atoms with Crippen LogP contribution < -0.4 is 27.2 Å². The van der Waals surface area contributed by atoms with Crippen molar-refractivity contribution in [2.24, 2.45) is 5.92 Å². The van der Waals surface area contributed by atoms with Crippen LogP contribution in [0.2, 0.25) is 10.0 Å². The van der Waals surface area contributed by atoms with Crippen molar-refractivity contribution >= 4 is 42.3 Å². The monoisotopic (exact) mass is 461 g/mol. The fourth-order valence-electron chi connectivity index (χ4n) is 3.38. The molecule has 160 valence electrons. The Morgan fingerprint density at radius 3 is 2.74 bits per heavy atom. The van der Waals surface area contributed by atoms with E-state index in [1.807, 2.05) is 6.92 Å². The number of rotatable bonds is 5. The van der Waals surface area contributed by atoms with Gasteiger partial charge in [-0.1, -0.05) is 30.1 Å². The first-order valence-electron chi connectivity index (χ1n) is 9.52. The minimum absolute atomic E-state index is 0.0309. The predicted octanol–water partition coefficient (Wildman–Crippen LogP) is 1.47. The van der Waals surface area contributed by atoms with Crippen LogP contribution in [0.4, 0.5) is 5.82 Å². The maximum Gasteiger partial charge on any atom is 0.349 e. The number of benzene rings is 1. The van der Waals surface area contributed by atoms with E-state index in [4.69, 9.17) is 33.7 Å². The van der Waals surface area contributed by atoms with Crippen LogP contribution in [0.15, 0.2) is 27.9 Å². The zero-order valence-corrected chi connectivity index (χ0v) is 18.2. The lowest BCUT2D eigenvalue weighted by Gasteiger charge is -2.17. The summed E-state index contributed by atoms with van der Waals surface area (Å²) in [6, 6.07) is 3.15. The number of nitrogens with zero attached hydrogens (tertiary/aromatic N) is 3. The van der Waals surface area contributed by atoms with Gasteiger partial charge in [-0.05, 0) is 42.3 Å². The summed E-state index contributed by atoms with van der Waals surface area (Å²) in [5.74, 6) is 0.782. The predicted molar refractivity (Wildman–Crippen MR) is 120 cm³/mol. The van der Waals surface area contributed by atoms with Gasteiger partial charge in [-0.3, -0.25) is 9.78 Å². The van der Waals surface area contributed by atoms with Crippen LogP contribution in [0.5, 0.6) is 17.4 Å². The molecule has 1 aliphatic rings. The molecule has 31 heavy (non-hydrogen) atoms. The Morgan fingerprint density at radius 2 is 2.06 bits per heavy atom. The molecule has 1 aromatic carbocycles. The molecule has 1 saturated carbocycles. The summed E-state index contributed by atoms with van der Waals surface area (Å²) in [5, 5.41) is 14.2. The van der Waals surface area contributed by atoms with Crippen LogP contribution in [0, 0.1) is 5.92 Å². The van der Waals surface area contributed by atoms with Crippen LogP contribution in [0.1, 0.15) is 31.2 Å². The zero-order valence-electron chi connectivity index (χ0n) is 16.6. The van der Waals surface area contributed by atoms with Crippen LogP contribution in [0.3, 0.4) is 0 Å². The molecular weight excluding hydrogens is 444 g/mol. The second-order valence-electron chi connectivity index (χ2n) is 7.51. The van der Waals surface area contributed by atoms with E-state index in [0.717, 1.165) is 17.5 Å². The molecule has 0 aliphatic heterocycles. The lowest BCUT2D eigenvalue weighted by Crippen LogP contribution is -2.35. The number of aromatic amines is 1. The van der Waals surface area contributed by atoms with Gasteiger partial charge in [0.2, 0.25) is 11.7 Å². The number of nitrogen functional groups attached to an aromatic ring is 1. The minimum atomic E-state index is -0.787. The number of pyridine rings is 1. The number of nitrogens with one attached hydrogen (secondary N) is 1. The molecule has 2 aromatic heterocycles. The highest BCUT2D eigenvalue weighted by atomic mass is 35.5. The minimum Gasteiger partial charge on any atom is -0.493 e. The lowest BCUT2D eigenvalue weighted by molar-refractivity contribution is 0.427. The topological polar surface area (TPSA) is 136 Å². The molecule has 4 N–H and O–H groups in total. The van der Waals surface area contributed by atoms with Gasteiger partial charge in [-0.2, -0.15) is 4.68 Å². The summed E-state index contributed by atoms with van der Waals surface area (Å²) in [6.45, 7) is 2.04. The van der Waals surface area contributed by atoms with Gasteiger partial charge < -0.3 is 15.6 Å². The summed E-state index contributed by atoms with van der Waals surface area (Å²) in [4.78, 5) is 29.8. The first-order valence-corrected chi connectivity index (χ1v) is 10.3. The Kier molecular flexibility index (Phi) is 5.44. The first kappa shape index (κ1) is 21.3. The van der Waals surface area contributed by atoms with Crippen LogP contribution >= 0.6 is 23.2 Å². The number of H-pyrrole nitrogens is 1. The van der Waals surface area contributed by atoms with E-state index in [2.05, 4.69) is 15.1 Å². The molecule has 0 radical (unpaired) electrons. The molecule has 0 spiro atoms. The highest BCUT2D eigenvalue weighted by molar-refractivity contribution is 6.49. The average Bonchev–Trinajstić information content (AvgIpc) is 3.57. The number of hydrogen-bond acceptors (Lipinski definition) is 7. The molecular formula is C19H18BCl2N5O4. The van der Waals surface area contributed by atoms with Crippen molar-refractivity contribution in [1.29, 1.82) is 0 Å². The number of aromatic hydroxyl groups is 1. The van der Waals surface area contributed by atoms with E-state index in [0.29, 0.717) is 22.7 Å². The molecule has 1 atom stereocenters. The van der Waals surface area contributed by atoms with Crippen molar-refractivity contribution in [3.05, 3.63) is 54.8 Å². The van der Waals surface area contributed by atoms with E-state index in [-0.39, 0.29) is 39.1 Å². The Labute approximate surface area is 187 Å². The van der Waals surface area contributed by atoms with Gasteiger partial charge >= 0.3 is 5.69 Å². The van der Waals surface area contributed by atoms with E-state index in [9.17, 15) is 14.7 Å². The van der Waals surface area contributed by atoms with Crippen molar-refractivity contribution < 1.29 is 9.84 Å². The maximum atomic E-state index is 12.2. The van der Waals surface area contributed by atoms with Gasteiger partial charge in [0.1, 0.15) is 13.6 Å². The molecule has 3 aromatic rings. The molecule has 0 amide bonds. The quantitative estimate of drug-likeness (QED) is 0.489. The van der Waals surface area contributed by atoms with Gasteiger partial charge in [0, 0.05) is 5.56 Å². The molecule has 1 aliphatic carbocycles. The van der Waals surface area contributed by atoms with Crippen molar-refractivity contribution in [2.45, 2.75) is 25.7 Å². The highest BCUT2D eigenvalue weighted by Gasteiger charge is 2.31. The molecule has 1 fully saturated rings. The van der Waals surface area contributed by atoms with Gasteiger partial charge in [-0.25, -0.2) is 9.78 Å². The number of aromatic nitrogens is 4. The van der Waals surface area contributed by atoms with Crippen LogP contribution in [-0.4, -0.2) is 32.7 Å². The third-order valence-corrected chi connectivity index (χ3v) is 6.12. The van der Waals surface area contributed by atoms with Gasteiger partial charge in [0.05, 0.1) is 21.9 Å². The Hall–Kier alpha value is -2.98. The molecule has 1 unspecified atom stereocenters. The summed E-state index contributed by atoms with van der Waals surface area (Å²) < 4.78 is 6.81. The fraction of sp³-hybridized carbons (Fsp3) is 0.263. The van der Waals surface area contributed by atoms with Gasteiger partial charge in [-0.15, -0.1) is 5.10 Å². The van der Waals surface area contributed by atoms with Crippen molar-refractivity contribution in [1.82, 2.24) is 19.7 Å². The van der Waals surface area contributed by atoms with Crippen molar-refractivity contribution in [2.75, 3.05) is 5.73 Å². The molecule has 4 rings (SSSR count). The second kappa shape index (κ2) is 7.94. The van der Waals surface area contributed by atoms with E-state index < -0.39 is 11.2 Å². The van der Waals surface area contributed by atoms with Crippen LogP contribution in [-0.2, 0) is 0 Å². The number of anilines is 1. The largest absolute Gasteiger partial charge is 0.493 e. The Bertz CT molecular complexity index is 1310. The van der Waals surface area contributed by atoms with Gasteiger partial charge in [0.15, 0.2) is 5.75 Å². The zero-order chi connectivity index (χ0) is 22.4. The third kappa shape index (κ3) is 4.00. The Balaban J connectivity index is 1.74.